The van der Waals surface area contributed by atoms with Gasteiger partial charge in [-0.2, -0.15) is 23.5 Å². The van der Waals surface area contributed by atoms with E-state index in [-0.39, 0.29) is 17.8 Å². The summed E-state index contributed by atoms with van der Waals surface area (Å²) in [6.07, 6.45) is -0.976. The fourth-order valence-corrected chi connectivity index (χ4v) is 5.65. The SMILES string of the molecule is N#Cc1c(NC(=O)c2cnn3c2N[C@@H](c2ccccc2)C[C@@H]3C(F)(F)F)sc2c1CCC2. The molecule has 3 aromatic rings. The van der Waals surface area contributed by atoms with Gasteiger partial charge in [-0.3, -0.25) is 4.79 Å². The van der Waals surface area contributed by atoms with Crippen molar-refractivity contribution in [2.75, 3.05) is 10.6 Å². The lowest BCUT2D eigenvalue weighted by Crippen LogP contribution is -2.36. The summed E-state index contributed by atoms with van der Waals surface area (Å²) < 4.78 is 42.3. The van der Waals surface area contributed by atoms with Gasteiger partial charge in [-0.25, -0.2) is 4.68 Å². The molecule has 0 fully saturated rings. The predicted octanol–water partition coefficient (Wildman–Crippen LogP) is 5.22. The van der Waals surface area contributed by atoms with Crippen molar-refractivity contribution in [2.24, 2.45) is 0 Å². The van der Waals surface area contributed by atoms with Crippen molar-refractivity contribution in [3.8, 4) is 6.07 Å². The lowest BCUT2D eigenvalue weighted by atomic mass is 9.96. The Bertz CT molecular complexity index is 1220. The van der Waals surface area contributed by atoms with Crippen molar-refractivity contribution in [1.82, 2.24) is 9.78 Å². The molecule has 32 heavy (non-hydrogen) atoms. The number of rotatable bonds is 3. The first-order chi connectivity index (χ1) is 15.4. The minimum atomic E-state index is -4.52. The number of alkyl halides is 3. The van der Waals surface area contributed by atoms with E-state index in [1.165, 1.54) is 11.3 Å². The lowest BCUT2D eigenvalue weighted by Gasteiger charge is -2.34. The van der Waals surface area contributed by atoms with E-state index in [9.17, 15) is 23.2 Å². The van der Waals surface area contributed by atoms with Crippen molar-refractivity contribution < 1.29 is 18.0 Å². The molecule has 164 valence electrons. The van der Waals surface area contributed by atoms with Crippen molar-refractivity contribution in [3.63, 3.8) is 0 Å². The highest BCUT2D eigenvalue weighted by Crippen LogP contribution is 2.45. The molecule has 2 atom stereocenters. The van der Waals surface area contributed by atoms with Crippen LogP contribution in [-0.4, -0.2) is 21.9 Å². The zero-order valence-corrected chi connectivity index (χ0v) is 17.6. The molecule has 2 aromatic heterocycles. The van der Waals surface area contributed by atoms with Gasteiger partial charge in [0.05, 0.1) is 17.8 Å². The number of hydrogen-bond donors (Lipinski definition) is 2. The van der Waals surface area contributed by atoms with E-state index in [1.54, 1.807) is 30.3 Å². The first kappa shape index (κ1) is 20.6. The average molecular weight is 457 g/mol. The van der Waals surface area contributed by atoms with Crippen molar-refractivity contribution in [3.05, 3.63) is 63.7 Å². The summed E-state index contributed by atoms with van der Waals surface area (Å²) in [6.45, 7) is 0. The third-order valence-electron chi connectivity index (χ3n) is 5.95. The number of aromatic nitrogens is 2. The molecule has 2 aliphatic rings. The molecule has 3 heterocycles. The van der Waals surface area contributed by atoms with Crippen LogP contribution >= 0.6 is 11.3 Å². The number of nitrogens with zero attached hydrogens (tertiary/aromatic N) is 3. The number of amides is 1. The first-order valence-electron chi connectivity index (χ1n) is 10.2. The van der Waals surface area contributed by atoms with E-state index in [0.717, 1.165) is 40.6 Å². The number of fused-ring (bicyclic) bond motifs is 2. The lowest BCUT2D eigenvalue weighted by molar-refractivity contribution is -0.173. The molecule has 6 nitrogen and oxygen atoms in total. The Kier molecular flexibility index (Phi) is 4.93. The number of thiophene rings is 1. The highest BCUT2D eigenvalue weighted by atomic mass is 32.1. The topological polar surface area (TPSA) is 82.7 Å². The zero-order chi connectivity index (χ0) is 22.5. The van der Waals surface area contributed by atoms with Gasteiger partial charge >= 0.3 is 6.18 Å². The third kappa shape index (κ3) is 3.42. The van der Waals surface area contributed by atoms with Crippen LogP contribution in [0.25, 0.3) is 0 Å². The Hall–Kier alpha value is -3.32. The van der Waals surface area contributed by atoms with Gasteiger partial charge in [-0.05, 0) is 30.4 Å². The molecule has 1 aromatic carbocycles. The smallest absolute Gasteiger partial charge is 0.363 e. The average Bonchev–Trinajstić information content (AvgIpc) is 3.47. The van der Waals surface area contributed by atoms with E-state index in [0.29, 0.717) is 16.1 Å². The first-order valence-corrected chi connectivity index (χ1v) is 11.0. The van der Waals surface area contributed by atoms with Crippen LogP contribution in [-0.2, 0) is 12.8 Å². The number of carbonyl (C=O) groups excluding carboxylic acids is 1. The van der Waals surface area contributed by atoms with Crippen molar-refractivity contribution in [1.29, 1.82) is 5.26 Å². The number of aryl methyl sites for hydroxylation is 1. The molecule has 2 N–H and O–H groups in total. The van der Waals surface area contributed by atoms with E-state index in [1.807, 2.05) is 0 Å². The maximum atomic E-state index is 13.8. The number of carbonyl (C=O) groups is 1. The highest BCUT2D eigenvalue weighted by Gasteiger charge is 2.47. The number of halogens is 3. The summed E-state index contributed by atoms with van der Waals surface area (Å²) >= 11 is 1.36. The Morgan fingerprint density at radius 2 is 2.06 bits per heavy atom. The van der Waals surface area contributed by atoms with Gasteiger partial charge in [0.1, 0.15) is 22.5 Å². The van der Waals surface area contributed by atoms with Gasteiger partial charge in [0.15, 0.2) is 6.04 Å². The summed E-state index contributed by atoms with van der Waals surface area (Å²) in [5, 5.41) is 19.7. The van der Waals surface area contributed by atoms with E-state index in [2.05, 4.69) is 21.8 Å². The minimum absolute atomic E-state index is 0.0114. The van der Waals surface area contributed by atoms with Crippen LogP contribution in [0, 0.1) is 11.3 Å². The quantitative estimate of drug-likeness (QED) is 0.565. The summed E-state index contributed by atoms with van der Waals surface area (Å²) in [4.78, 5) is 14.1. The Balaban J connectivity index is 1.49. The van der Waals surface area contributed by atoms with Gasteiger partial charge in [-0.1, -0.05) is 30.3 Å². The second-order valence-corrected chi connectivity index (χ2v) is 8.98. The number of benzene rings is 1. The number of nitriles is 1. The molecule has 0 saturated heterocycles. The molecule has 1 amide bonds. The predicted molar refractivity (Wildman–Crippen MR) is 114 cm³/mol. The van der Waals surface area contributed by atoms with Crippen LogP contribution in [0.5, 0.6) is 0 Å². The normalized spacial score (nSPS) is 19.6. The van der Waals surface area contributed by atoms with Crippen LogP contribution in [0.2, 0.25) is 0 Å². The molecule has 0 unspecified atom stereocenters. The molecule has 0 bridgehead atoms. The van der Waals surface area contributed by atoms with E-state index in [4.69, 9.17) is 0 Å². The van der Waals surface area contributed by atoms with Gasteiger partial charge < -0.3 is 10.6 Å². The highest BCUT2D eigenvalue weighted by molar-refractivity contribution is 7.16. The summed E-state index contributed by atoms with van der Waals surface area (Å²) in [5.74, 6) is -0.572. The van der Waals surface area contributed by atoms with Gasteiger partial charge in [0.25, 0.3) is 5.91 Å². The molecule has 5 rings (SSSR count). The van der Waals surface area contributed by atoms with Gasteiger partial charge in [0, 0.05) is 11.3 Å². The van der Waals surface area contributed by atoms with Crippen LogP contribution in [0.15, 0.2) is 36.5 Å². The number of anilines is 2. The molecule has 1 aliphatic carbocycles. The van der Waals surface area contributed by atoms with Crippen LogP contribution in [0.1, 0.15) is 56.9 Å². The second kappa shape index (κ2) is 7.67. The molecule has 0 spiro atoms. The molecular formula is C22H18F3N5OS. The fraction of sp³-hybridized carbons (Fsp3) is 0.318. The monoisotopic (exact) mass is 457 g/mol. The zero-order valence-electron chi connectivity index (χ0n) is 16.7. The maximum absolute atomic E-state index is 13.8. The minimum Gasteiger partial charge on any atom is -0.363 e. The summed E-state index contributed by atoms with van der Waals surface area (Å²) in [5.41, 5.74) is 2.11. The fourth-order valence-electron chi connectivity index (χ4n) is 4.41. The van der Waals surface area contributed by atoms with Crippen molar-refractivity contribution >= 4 is 28.1 Å². The standard InChI is InChI=1S/C22H18F3N5OS/c23-22(24,25)18-9-16(12-5-2-1-3-6-12)28-19-15(11-27-30(18)19)20(31)29-21-14(10-26)13-7-4-8-17(13)32-21/h1-3,5-6,11,16,18,28H,4,7-9H2,(H,29,31)/t16-,18-/m1/s1. The molecule has 0 radical (unpaired) electrons. The Morgan fingerprint density at radius 3 is 2.78 bits per heavy atom. The van der Waals surface area contributed by atoms with Crippen LogP contribution in [0.3, 0.4) is 0 Å². The maximum Gasteiger partial charge on any atom is 0.410 e. The molecular weight excluding hydrogens is 439 g/mol. The largest absolute Gasteiger partial charge is 0.410 e. The van der Waals surface area contributed by atoms with Gasteiger partial charge in [0.2, 0.25) is 0 Å². The number of nitrogens with one attached hydrogen (secondary N) is 2. The third-order valence-corrected chi connectivity index (χ3v) is 7.15. The number of hydrogen-bond acceptors (Lipinski definition) is 5. The Labute approximate surface area is 185 Å². The Morgan fingerprint density at radius 1 is 1.28 bits per heavy atom. The van der Waals surface area contributed by atoms with E-state index < -0.39 is 24.2 Å². The summed E-state index contributed by atoms with van der Waals surface area (Å²) in [7, 11) is 0. The molecule has 10 heteroatoms. The molecule has 0 saturated carbocycles. The van der Waals surface area contributed by atoms with E-state index >= 15 is 0 Å². The summed E-state index contributed by atoms with van der Waals surface area (Å²) in [6, 6.07) is 8.50. The van der Waals surface area contributed by atoms with Crippen LogP contribution in [0.4, 0.5) is 24.0 Å². The van der Waals surface area contributed by atoms with Crippen LogP contribution < -0.4 is 10.6 Å². The second-order valence-electron chi connectivity index (χ2n) is 7.88. The van der Waals surface area contributed by atoms with Crippen molar-refractivity contribution in [2.45, 2.75) is 43.9 Å². The molecule has 1 aliphatic heterocycles. The van der Waals surface area contributed by atoms with Gasteiger partial charge in [-0.15, -0.1) is 11.3 Å².